The number of aromatic amines is 1. The summed E-state index contributed by atoms with van der Waals surface area (Å²) >= 11 is 1.58. The smallest absolute Gasteiger partial charge is 0.349 e. The molecule has 0 fully saturated rings. The fourth-order valence-electron chi connectivity index (χ4n) is 1.90. The fourth-order valence-corrected chi connectivity index (χ4v) is 2.55. The summed E-state index contributed by atoms with van der Waals surface area (Å²) in [6, 6.07) is 1.79. The van der Waals surface area contributed by atoms with Gasteiger partial charge in [-0.25, -0.2) is 24.3 Å². The van der Waals surface area contributed by atoms with Crippen molar-refractivity contribution in [2.75, 3.05) is 5.32 Å². The Labute approximate surface area is 112 Å². The summed E-state index contributed by atoms with van der Waals surface area (Å²) in [7, 11) is 0. The van der Waals surface area contributed by atoms with Crippen molar-refractivity contribution in [2.24, 2.45) is 0 Å². The number of rotatable bonds is 3. The minimum absolute atomic E-state index is 0.0556. The highest BCUT2D eigenvalue weighted by Crippen LogP contribution is 2.20. The van der Waals surface area contributed by atoms with E-state index in [-0.39, 0.29) is 11.7 Å². The highest BCUT2D eigenvalue weighted by molar-refractivity contribution is 7.09. The van der Waals surface area contributed by atoms with Gasteiger partial charge in [0.2, 0.25) is 0 Å². The number of thiazole rings is 1. The number of nitrogens with one attached hydrogen (secondary N) is 2. The molecule has 2 N–H and O–H groups in total. The molecular formula is C11H12N6OS. The molecule has 0 amide bonds. The van der Waals surface area contributed by atoms with Crippen LogP contribution in [0.4, 0.5) is 5.82 Å². The Hall–Kier alpha value is -2.22. The number of aryl methyl sites for hydroxylation is 1. The summed E-state index contributed by atoms with van der Waals surface area (Å²) in [5, 5.41) is 12.5. The zero-order valence-electron chi connectivity index (χ0n) is 10.4. The number of anilines is 1. The molecule has 0 aliphatic heterocycles. The second-order valence-corrected chi connectivity index (χ2v) is 5.07. The van der Waals surface area contributed by atoms with Gasteiger partial charge in [-0.3, -0.25) is 0 Å². The number of nitrogens with zero attached hydrogens (tertiary/aromatic N) is 4. The topological polar surface area (TPSA) is 88.0 Å². The Bertz CT molecular complexity index is 759. The van der Waals surface area contributed by atoms with Gasteiger partial charge < -0.3 is 5.32 Å². The average Bonchev–Trinajstić information content (AvgIpc) is 2.99. The molecule has 19 heavy (non-hydrogen) atoms. The van der Waals surface area contributed by atoms with Crippen molar-refractivity contribution >= 4 is 22.8 Å². The van der Waals surface area contributed by atoms with E-state index in [2.05, 4.69) is 25.5 Å². The monoisotopic (exact) mass is 276 g/mol. The lowest BCUT2D eigenvalue weighted by Gasteiger charge is -2.12. The van der Waals surface area contributed by atoms with Crippen molar-refractivity contribution in [1.82, 2.24) is 24.6 Å². The molecule has 0 spiro atoms. The molecular weight excluding hydrogens is 264 g/mol. The molecule has 98 valence electrons. The number of fused-ring (bicyclic) bond motifs is 1. The molecule has 0 saturated carbocycles. The lowest BCUT2D eigenvalue weighted by molar-refractivity contribution is 0.849. The number of hydrogen-bond donors (Lipinski definition) is 2. The molecule has 3 aromatic heterocycles. The van der Waals surface area contributed by atoms with E-state index < -0.39 is 0 Å². The first-order valence-electron chi connectivity index (χ1n) is 5.76. The second kappa shape index (κ2) is 4.47. The lowest BCUT2D eigenvalue weighted by atomic mass is 10.3. The van der Waals surface area contributed by atoms with Crippen LogP contribution in [0.3, 0.4) is 0 Å². The van der Waals surface area contributed by atoms with Crippen LogP contribution in [0.25, 0.3) is 5.65 Å². The van der Waals surface area contributed by atoms with Crippen LogP contribution in [0, 0.1) is 6.92 Å². The quantitative estimate of drug-likeness (QED) is 0.754. The molecule has 0 radical (unpaired) electrons. The van der Waals surface area contributed by atoms with E-state index in [1.807, 2.05) is 12.3 Å². The minimum Gasteiger partial charge on any atom is -0.361 e. The Morgan fingerprint density at radius 3 is 3.11 bits per heavy atom. The van der Waals surface area contributed by atoms with Crippen molar-refractivity contribution in [3.63, 3.8) is 0 Å². The summed E-state index contributed by atoms with van der Waals surface area (Å²) in [5.74, 6) is 1.26. The first kappa shape index (κ1) is 11.8. The molecule has 7 nitrogen and oxygen atoms in total. The number of H-pyrrole nitrogens is 1. The first-order valence-corrected chi connectivity index (χ1v) is 6.64. The van der Waals surface area contributed by atoms with Gasteiger partial charge in [0.15, 0.2) is 5.65 Å². The lowest BCUT2D eigenvalue weighted by Crippen LogP contribution is -2.15. The first-order chi connectivity index (χ1) is 9.15. The third kappa shape index (κ3) is 2.10. The van der Waals surface area contributed by atoms with E-state index in [1.54, 1.807) is 30.5 Å². The number of aromatic nitrogens is 5. The molecule has 1 atom stereocenters. The summed E-state index contributed by atoms with van der Waals surface area (Å²) in [6.45, 7) is 3.78. The molecule has 0 aliphatic carbocycles. The SMILES string of the molecule is Cc1nc(NC(C)c2nccs2)cc2n[nH]c(=O)n12. The third-order valence-electron chi connectivity index (χ3n) is 2.76. The Kier molecular flexibility index (Phi) is 2.79. The van der Waals surface area contributed by atoms with E-state index >= 15 is 0 Å². The van der Waals surface area contributed by atoms with Crippen LogP contribution in [0.15, 0.2) is 22.4 Å². The predicted molar refractivity (Wildman–Crippen MR) is 72.5 cm³/mol. The molecule has 0 bridgehead atoms. The van der Waals surface area contributed by atoms with E-state index in [1.165, 1.54) is 4.40 Å². The zero-order chi connectivity index (χ0) is 13.4. The maximum absolute atomic E-state index is 11.5. The fraction of sp³-hybridized carbons (Fsp3) is 0.273. The van der Waals surface area contributed by atoms with Gasteiger partial charge in [0.1, 0.15) is 16.6 Å². The van der Waals surface area contributed by atoms with Crippen LogP contribution in [-0.4, -0.2) is 24.6 Å². The summed E-state index contributed by atoms with van der Waals surface area (Å²) < 4.78 is 1.43. The standard InChI is InChI=1S/C11H12N6OS/c1-6(10-12-3-4-19-10)13-8-5-9-15-16-11(18)17(9)7(2)14-8/h3-6,13H,1-2H3,(H,16,18). The number of hydrogen-bond acceptors (Lipinski definition) is 6. The van der Waals surface area contributed by atoms with Crippen LogP contribution >= 0.6 is 11.3 Å². The van der Waals surface area contributed by atoms with Gasteiger partial charge in [-0.1, -0.05) is 0 Å². The highest BCUT2D eigenvalue weighted by Gasteiger charge is 2.11. The van der Waals surface area contributed by atoms with E-state index in [9.17, 15) is 4.79 Å². The maximum atomic E-state index is 11.5. The minimum atomic E-state index is -0.278. The van der Waals surface area contributed by atoms with Gasteiger partial charge in [0, 0.05) is 17.6 Å². The van der Waals surface area contributed by atoms with Gasteiger partial charge in [-0.2, -0.15) is 5.10 Å². The second-order valence-electron chi connectivity index (χ2n) is 4.15. The average molecular weight is 276 g/mol. The van der Waals surface area contributed by atoms with Crippen molar-refractivity contribution in [1.29, 1.82) is 0 Å². The predicted octanol–water partition coefficient (Wildman–Crippen LogP) is 1.36. The zero-order valence-corrected chi connectivity index (χ0v) is 11.2. The van der Waals surface area contributed by atoms with Gasteiger partial charge in [-0.05, 0) is 13.8 Å². The molecule has 0 aliphatic rings. The molecule has 0 aromatic carbocycles. The maximum Gasteiger partial charge on any atom is 0.349 e. The summed E-state index contributed by atoms with van der Waals surface area (Å²) in [4.78, 5) is 20.1. The Morgan fingerprint density at radius 2 is 2.37 bits per heavy atom. The summed E-state index contributed by atoms with van der Waals surface area (Å²) in [5.41, 5.74) is 0.269. The van der Waals surface area contributed by atoms with Crippen LogP contribution < -0.4 is 11.0 Å². The van der Waals surface area contributed by atoms with Gasteiger partial charge in [0.25, 0.3) is 0 Å². The van der Waals surface area contributed by atoms with E-state index in [0.29, 0.717) is 17.3 Å². The molecule has 0 saturated heterocycles. The van der Waals surface area contributed by atoms with E-state index in [0.717, 1.165) is 5.01 Å². The molecule has 3 heterocycles. The van der Waals surface area contributed by atoms with Crippen LogP contribution in [-0.2, 0) is 0 Å². The van der Waals surface area contributed by atoms with Gasteiger partial charge in [-0.15, -0.1) is 11.3 Å². The van der Waals surface area contributed by atoms with Crippen LogP contribution in [0.1, 0.15) is 23.8 Å². The van der Waals surface area contributed by atoms with Crippen LogP contribution in [0.5, 0.6) is 0 Å². The Balaban J connectivity index is 1.95. The summed E-state index contributed by atoms with van der Waals surface area (Å²) in [6.07, 6.45) is 1.77. The largest absolute Gasteiger partial charge is 0.361 e. The van der Waals surface area contributed by atoms with Crippen molar-refractivity contribution < 1.29 is 0 Å². The van der Waals surface area contributed by atoms with Gasteiger partial charge >= 0.3 is 5.69 Å². The molecule has 3 aromatic rings. The third-order valence-corrected chi connectivity index (χ3v) is 3.71. The van der Waals surface area contributed by atoms with E-state index in [4.69, 9.17) is 0 Å². The van der Waals surface area contributed by atoms with Crippen molar-refractivity contribution in [3.05, 3.63) is 39.0 Å². The molecule has 8 heteroatoms. The molecule has 3 rings (SSSR count). The van der Waals surface area contributed by atoms with Crippen molar-refractivity contribution in [3.8, 4) is 0 Å². The highest BCUT2D eigenvalue weighted by atomic mass is 32.1. The Morgan fingerprint density at radius 1 is 1.53 bits per heavy atom. The molecule has 1 unspecified atom stereocenters. The van der Waals surface area contributed by atoms with Gasteiger partial charge in [0.05, 0.1) is 6.04 Å². The van der Waals surface area contributed by atoms with Crippen LogP contribution in [0.2, 0.25) is 0 Å². The normalized spacial score (nSPS) is 12.7. The van der Waals surface area contributed by atoms with Crippen molar-refractivity contribution in [2.45, 2.75) is 19.9 Å².